The van der Waals surface area contributed by atoms with Crippen molar-refractivity contribution in [1.29, 1.82) is 5.26 Å². The summed E-state index contributed by atoms with van der Waals surface area (Å²) in [5.74, 6) is 0.0169. The number of ether oxygens (including phenoxy) is 2. The number of hydrogen-bond donors (Lipinski definition) is 1. The van der Waals surface area contributed by atoms with E-state index in [0.29, 0.717) is 49.3 Å². The number of carboxylic acids is 1. The van der Waals surface area contributed by atoms with Crippen molar-refractivity contribution in [3.05, 3.63) is 91.4 Å². The van der Waals surface area contributed by atoms with Gasteiger partial charge in [0.2, 0.25) is 0 Å². The molecule has 0 aliphatic heterocycles. The second kappa shape index (κ2) is 11.2. The third-order valence-corrected chi connectivity index (χ3v) is 5.71. The van der Waals surface area contributed by atoms with E-state index in [1.165, 1.54) is 12.1 Å². The largest absolute Gasteiger partial charge is 0.490 e. The molecule has 168 valence electrons. The van der Waals surface area contributed by atoms with E-state index in [1.807, 2.05) is 13.0 Å². The summed E-state index contributed by atoms with van der Waals surface area (Å²) in [6.45, 7) is 2.49. The molecule has 8 heteroatoms. The summed E-state index contributed by atoms with van der Waals surface area (Å²) in [6.07, 6.45) is 1.71. The fraction of sp³-hybridized carbons (Fsp3) is 0.120. The van der Waals surface area contributed by atoms with Gasteiger partial charge in [-0.1, -0.05) is 41.4 Å². The molecule has 0 bridgehead atoms. The maximum Gasteiger partial charge on any atom is 0.335 e. The molecule has 0 aliphatic rings. The molecule has 3 rings (SSSR count). The van der Waals surface area contributed by atoms with Crippen LogP contribution in [0.5, 0.6) is 11.5 Å². The highest BCUT2D eigenvalue weighted by atomic mass is 79.9. The quantitative estimate of drug-likeness (QED) is 0.234. The van der Waals surface area contributed by atoms with Crippen molar-refractivity contribution in [3.8, 4) is 17.6 Å². The highest BCUT2D eigenvalue weighted by Crippen LogP contribution is 2.39. The number of hydrogen-bond acceptors (Lipinski definition) is 4. The number of nitriles is 1. The number of halogens is 3. The van der Waals surface area contributed by atoms with Gasteiger partial charge in [-0.3, -0.25) is 0 Å². The standard InChI is InChI=1S/C25H18BrCl2NO4/c1-2-32-23-11-16(9-18(13-29)20-8-7-19(27)12-22(20)28)10-21(26)24(23)33-14-15-3-5-17(6-4-15)25(30)31/h3-12H,2,14H2,1H3,(H,30,31)/b18-9+. The average Bonchev–Trinajstić information content (AvgIpc) is 2.78. The van der Waals surface area contributed by atoms with Gasteiger partial charge in [-0.25, -0.2) is 4.79 Å². The van der Waals surface area contributed by atoms with Gasteiger partial charge < -0.3 is 14.6 Å². The van der Waals surface area contributed by atoms with Gasteiger partial charge in [-0.2, -0.15) is 5.26 Å². The summed E-state index contributed by atoms with van der Waals surface area (Å²) in [5, 5.41) is 19.6. The van der Waals surface area contributed by atoms with Gasteiger partial charge in [0.25, 0.3) is 0 Å². The van der Waals surface area contributed by atoms with E-state index < -0.39 is 5.97 Å². The molecule has 3 aromatic rings. The highest BCUT2D eigenvalue weighted by Gasteiger charge is 2.14. The van der Waals surface area contributed by atoms with Crippen molar-refractivity contribution in [2.24, 2.45) is 0 Å². The molecule has 33 heavy (non-hydrogen) atoms. The van der Waals surface area contributed by atoms with Crippen LogP contribution in [0.4, 0.5) is 0 Å². The third-order valence-electron chi connectivity index (χ3n) is 4.57. The SMILES string of the molecule is CCOc1cc(/C=C(\C#N)c2ccc(Cl)cc2Cl)cc(Br)c1OCc1ccc(C(=O)O)cc1. The van der Waals surface area contributed by atoms with Crippen LogP contribution in [0.1, 0.15) is 34.0 Å². The van der Waals surface area contributed by atoms with Crippen LogP contribution in [0, 0.1) is 11.3 Å². The number of nitrogens with zero attached hydrogens (tertiary/aromatic N) is 1. The second-order valence-electron chi connectivity index (χ2n) is 6.85. The van der Waals surface area contributed by atoms with Crippen molar-refractivity contribution in [2.45, 2.75) is 13.5 Å². The van der Waals surface area contributed by atoms with Crippen LogP contribution in [0.25, 0.3) is 11.6 Å². The summed E-state index contributed by atoms with van der Waals surface area (Å²) in [6, 6.07) is 17.2. The van der Waals surface area contributed by atoms with Gasteiger partial charge in [0.1, 0.15) is 6.61 Å². The third kappa shape index (κ3) is 6.29. The van der Waals surface area contributed by atoms with Gasteiger partial charge in [0.15, 0.2) is 11.5 Å². The molecular weight excluding hydrogens is 529 g/mol. The van der Waals surface area contributed by atoms with Crippen LogP contribution in [-0.2, 0) is 6.61 Å². The number of aromatic carboxylic acids is 1. The minimum Gasteiger partial charge on any atom is -0.490 e. The lowest BCUT2D eigenvalue weighted by Crippen LogP contribution is -2.02. The van der Waals surface area contributed by atoms with Crippen LogP contribution in [0.15, 0.2) is 59.1 Å². The molecule has 0 spiro atoms. The maximum absolute atomic E-state index is 11.0. The number of carboxylic acid groups (broad SMARTS) is 1. The Morgan fingerprint density at radius 3 is 2.45 bits per heavy atom. The topological polar surface area (TPSA) is 79.5 Å². The van der Waals surface area contributed by atoms with Crippen LogP contribution in [0.2, 0.25) is 10.0 Å². The highest BCUT2D eigenvalue weighted by molar-refractivity contribution is 9.10. The Morgan fingerprint density at radius 2 is 1.85 bits per heavy atom. The summed E-state index contributed by atoms with van der Waals surface area (Å²) in [5.41, 5.74) is 2.68. The normalized spacial score (nSPS) is 11.1. The summed E-state index contributed by atoms with van der Waals surface area (Å²) in [7, 11) is 0. The maximum atomic E-state index is 11.0. The molecule has 0 atom stereocenters. The fourth-order valence-electron chi connectivity index (χ4n) is 3.02. The summed E-state index contributed by atoms with van der Waals surface area (Å²) in [4.78, 5) is 11.0. The van der Waals surface area contributed by atoms with Gasteiger partial charge in [0, 0.05) is 10.6 Å². The van der Waals surface area contributed by atoms with Crippen molar-refractivity contribution in [2.75, 3.05) is 6.61 Å². The molecule has 5 nitrogen and oxygen atoms in total. The molecule has 0 unspecified atom stereocenters. The lowest BCUT2D eigenvalue weighted by molar-refractivity contribution is 0.0697. The first-order valence-corrected chi connectivity index (χ1v) is 11.4. The molecule has 0 fully saturated rings. The van der Waals surface area contributed by atoms with E-state index in [0.717, 1.165) is 5.56 Å². The molecule has 0 amide bonds. The predicted molar refractivity (Wildman–Crippen MR) is 133 cm³/mol. The van der Waals surface area contributed by atoms with E-state index in [4.69, 9.17) is 37.8 Å². The van der Waals surface area contributed by atoms with E-state index in [9.17, 15) is 10.1 Å². The van der Waals surface area contributed by atoms with E-state index in [2.05, 4.69) is 22.0 Å². The summed E-state index contributed by atoms with van der Waals surface area (Å²) >= 11 is 15.8. The van der Waals surface area contributed by atoms with Gasteiger partial charge in [-0.05, 0) is 76.5 Å². The molecule has 3 aromatic carbocycles. The fourth-order valence-corrected chi connectivity index (χ4v) is 4.10. The molecule has 0 saturated carbocycles. The van der Waals surface area contributed by atoms with Crippen molar-refractivity contribution < 1.29 is 19.4 Å². The molecule has 0 aromatic heterocycles. The van der Waals surface area contributed by atoms with E-state index in [1.54, 1.807) is 42.5 Å². The Hall–Kier alpha value is -2.98. The minimum absolute atomic E-state index is 0.208. The molecule has 0 saturated heterocycles. The molecular formula is C25H18BrCl2NO4. The average molecular weight is 547 g/mol. The van der Waals surface area contributed by atoms with Crippen LogP contribution >= 0.6 is 39.1 Å². The van der Waals surface area contributed by atoms with E-state index in [-0.39, 0.29) is 12.2 Å². The smallest absolute Gasteiger partial charge is 0.335 e. The van der Waals surface area contributed by atoms with Crippen LogP contribution in [0.3, 0.4) is 0 Å². The van der Waals surface area contributed by atoms with Gasteiger partial charge >= 0.3 is 5.97 Å². The monoisotopic (exact) mass is 545 g/mol. The van der Waals surface area contributed by atoms with Gasteiger partial charge in [0.05, 0.1) is 33.3 Å². The molecule has 0 heterocycles. The number of allylic oxidation sites excluding steroid dienone is 1. The Kier molecular flexibility index (Phi) is 8.40. The predicted octanol–water partition coefficient (Wildman–Crippen LogP) is 7.50. The Labute approximate surface area is 209 Å². The molecule has 0 radical (unpaired) electrons. The van der Waals surface area contributed by atoms with Crippen LogP contribution < -0.4 is 9.47 Å². The lowest BCUT2D eigenvalue weighted by Gasteiger charge is -2.15. The second-order valence-corrected chi connectivity index (χ2v) is 8.55. The first-order valence-electron chi connectivity index (χ1n) is 9.81. The molecule has 1 N–H and O–H groups in total. The van der Waals surface area contributed by atoms with Gasteiger partial charge in [-0.15, -0.1) is 0 Å². The first kappa shape index (κ1) is 24.7. The molecule has 0 aliphatic carbocycles. The van der Waals surface area contributed by atoms with Crippen molar-refractivity contribution in [1.82, 2.24) is 0 Å². The van der Waals surface area contributed by atoms with Crippen LogP contribution in [-0.4, -0.2) is 17.7 Å². The zero-order valence-electron chi connectivity index (χ0n) is 17.4. The minimum atomic E-state index is -0.982. The number of rotatable bonds is 8. The zero-order chi connectivity index (χ0) is 24.0. The van der Waals surface area contributed by atoms with E-state index >= 15 is 0 Å². The lowest BCUT2D eigenvalue weighted by atomic mass is 10.0. The Morgan fingerprint density at radius 1 is 1.12 bits per heavy atom. The number of benzene rings is 3. The van der Waals surface area contributed by atoms with Crippen molar-refractivity contribution >= 4 is 56.8 Å². The Bertz CT molecular complexity index is 1250. The summed E-state index contributed by atoms with van der Waals surface area (Å²) < 4.78 is 12.4. The Balaban J connectivity index is 1.90. The first-order chi connectivity index (χ1) is 15.8. The number of carbonyl (C=O) groups is 1. The van der Waals surface area contributed by atoms with Crippen molar-refractivity contribution in [3.63, 3.8) is 0 Å². The zero-order valence-corrected chi connectivity index (χ0v) is 20.5.